The van der Waals surface area contributed by atoms with Gasteiger partial charge in [0.25, 0.3) is 0 Å². The van der Waals surface area contributed by atoms with Gasteiger partial charge in [-0.1, -0.05) is 18.6 Å². The van der Waals surface area contributed by atoms with Crippen molar-refractivity contribution in [2.24, 2.45) is 0 Å². The molecule has 0 bridgehead atoms. The van der Waals surface area contributed by atoms with Gasteiger partial charge in [0.1, 0.15) is 5.82 Å². The van der Waals surface area contributed by atoms with Gasteiger partial charge in [-0.2, -0.15) is 0 Å². The first-order valence-electron chi connectivity index (χ1n) is 6.58. The molecule has 2 aliphatic rings. The van der Waals surface area contributed by atoms with Crippen molar-refractivity contribution in [1.82, 2.24) is 10.2 Å². The monoisotopic (exact) mass is 234 g/mol. The smallest absolute Gasteiger partial charge is 0.128 e. The highest BCUT2D eigenvalue weighted by Crippen LogP contribution is 2.31. The molecule has 92 valence electrons. The van der Waals surface area contributed by atoms with Crippen molar-refractivity contribution in [3.63, 3.8) is 0 Å². The molecule has 3 heteroatoms. The van der Waals surface area contributed by atoms with Gasteiger partial charge in [0.2, 0.25) is 0 Å². The lowest BCUT2D eigenvalue weighted by molar-refractivity contribution is 0.151. The molecule has 1 aromatic rings. The molecular formula is C14H19FN2. The fourth-order valence-electron chi connectivity index (χ4n) is 3.10. The minimum atomic E-state index is -0.0282. The summed E-state index contributed by atoms with van der Waals surface area (Å²) in [6, 6.07) is 5.69. The Kier molecular flexibility index (Phi) is 3.12. The summed E-state index contributed by atoms with van der Waals surface area (Å²) in [4.78, 5) is 2.44. The number of hydrogen-bond donors (Lipinski definition) is 1. The first-order chi connectivity index (χ1) is 8.36. The van der Waals surface area contributed by atoms with Gasteiger partial charge < -0.3 is 5.32 Å². The molecule has 2 nitrogen and oxygen atoms in total. The van der Waals surface area contributed by atoms with Crippen LogP contribution in [-0.2, 0) is 6.54 Å². The molecule has 2 heterocycles. The van der Waals surface area contributed by atoms with Crippen molar-refractivity contribution in [1.29, 1.82) is 0 Å². The van der Waals surface area contributed by atoms with Crippen molar-refractivity contribution in [2.45, 2.75) is 31.8 Å². The number of halogens is 1. The van der Waals surface area contributed by atoms with Crippen LogP contribution in [0.25, 0.3) is 0 Å². The number of hydrogen-bond acceptors (Lipinski definition) is 2. The zero-order chi connectivity index (χ0) is 11.7. The molecule has 0 aliphatic carbocycles. The van der Waals surface area contributed by atoms with Gasteiger partial charge in [-0.3, -0.25) is 4.90 Å². The molecule has 17 heavy (non-hydrogen) atoms. The lowest BCUT2D eigenvalue weighted by Crippen LogP contribution is -2.42. The van der Waals surface area contributed by atoms with E-state index in [9.17, 15) is 4.39 Å². The molecule has 1 N–H and O–H groups in total. The molecule has 0 spiro atoms. The van der Waals surface area contributed by atoms with Crippen LogP contribution in [0.5, 0.6) is 0 Å². The Labute approximate surface area is 102 Å². The van der Waals surface area contributed by atoms with Gasteiger partial charge in [0.15, 0.2) is 0 Å². The van der Waals surface area contributed by atoms with Crippen LogP contribution >= 0.6 is 0 Å². The summed E-state index contributed by atoms with van der Waals surface area (Å²) in [7, 11) is 0. The predicted molar refractivity (Wildman–Crippen MR) is 66.3 cm³/mol. The fraction of sp³-hybridized carbons (Fsp3) is 0.571. The lowest BCUT2D eigenvalue weighted by atomic mass is 9.93. The normalized spacial score (nSPS) is 25.6. The number of benzene rings is 1. The number of nitrogens with zero attached hydrogens (tertiary/aromatic N) is 1. The maximum Gasteiger partial charge on any atom is 0.128 e. The van der Waals surface area contributed by atoms with Crippen molar-refractivity contribution in [3.8, 4) is 0 Å². The minimum absolute atomic E-state index is 0.0282. The fourth-order valence-corrected chi connectivity index (χ4v) is 3.10. The van der Waals surface area contributed by atoms with E-state index in [4.69, 9.17) is 0 Å². The van der Waals surface area contributed by atoms with Gasteiger partial charge >= 0.3 is 0 Å². The number of nitrogens with one attached hydrogen (secondary N) is 1. The second-order valence-electron chi connectivity index (χ2n) is 5.06. The van der Waals surface area contributed by atoms with Crippen LogP contribution in [0.15, 0.2) is 18.2 Å². The summed E-state index contributed by atoms with van der Waals surface area (Å²) in [5.41, 5.74) is 2.07. The molecule has 0 radical (unpaired) electrons. The van der Waals surface area contributed by atoms with Crippen LogP contribution in [0.2, 0.25) is 0 Å². The third-order valence-electron chi connectivity index (χ3n) is 3.96. The Morgan fingerprint density at radius 1 is 1.18 bits per heavy atom. The predicted octanol–water partition coefficient (Wildman–Crippen LogP) is 2.46. The molecule has 3 rings (SSSR count). The molecule has 1 atom stereocenters. The van der Waals surface area contributed by atoms with E-state index in [0.717, 1.165) is 37.3 Å². The van der Waals surface area contributed by atoms with Gasteiger partial charge in [-0.05, 0) is 37.6 Å². The van der Waals surface area contributed by atoms with E-state index in [2.05, 4.69) is 10.2 Å². The van der Waals surface area contributed by atoms with Crippen LogP contribution in [-0.4, -0.2) is 24.5 Å². The summed E-state index contributed by atoms with van der Waals surface area (Å²) in [6.45, 7) is 3.91. The summed E-state index contributed by atoms with van der Waals surface area (Å²) < 4.78 is 14.0. The first-order valence-corrected chi connectivity index (χ1v) is 6.58. The van der Waals surface area contributed by atoms with Gasteiger partial charge in [0.05, 0.1) is 6.04 Å². The minimum Gasteiger partial charge on any atom is -0.311 e. The van der Waals surface area contributed by atoms with E-state index in [1.54, 1.807) is 6.07 Å². The zero-order valence-electron chi connectivity index (χ0n) is 10.1. The van der Waals surface area contributed by atoms with Gasteiger partial charge in [0, 0.05) is 18.7 Å². The average Bonchev–Trinajstić information content (AvgIpc) is 2.39. The summed E-state index contributed by atoms with van der Waals surface area (Å²) in [6.07, 6.45) is 3.82. The van der Waals surface area contributed by atoms with Crippen LogP contribution in [0.3, 0.4) is 0 Å². The molecule has 0 aromatic heterocycles. The highest BCUT2D eigenvalue weighted by Gasteiger charge is 2.28. The van der Waals surface area contributed by atoms with E-state index in [0.29, 0.717) is 0 Å². The van der Waals surface area contributed by atoms with Crippen LogP contribution < -0.4 is 5.32 Å². The SMILES string of the molecule is Fc1cccc2c1[C@@H](N1CCCCC1)CNC2. The first kappa shape index (κ1) is 11.2. The number of likely N-dealkylation sites (tertiary alicyclic amines) is 1. The zero-order valence-corrected chi connectivity index (χ0v) is 10.1. The molecule has 0 unspecified atom stereocenters. The molecule has 2 aliphatic heterocycles. The maximum absolute atomic E-state index is 14.0. The van der Waals surface area contributed by atoms with E-state index in [-0.39, 0.29) is 11.9 Å². The van der Waals surface area contributed by atoms with E-state index >= 15 is 0 Å². The second kappa shape index (κ2) is 4.75. The second-order valence-corrected chi connectivity index (χ2v) is 5.06. The van der Waals surface area contributed by atoms with Crippen LogP contribution in [0.4, 0.5) is 4.39 Å². The van der Waals surface area contributed by atoms with Crippen molar-refractivity contribution in [3.05, 3.63) is 35.1 Å². The summed E-state index contributed by atoms with van der Waals surface area (Å²) in [5.74, 6) is -0.0282. The Morgan fingerprint density at radius 3 is 2.82 bits per heavy atom. The highest BCUT2D eigenvalue weighted by atomic mass is 19.1. The molecule has 0 amide bonds. The Morgan fingerprint density at radius 2 is 2.00 bits per heavy atom. The Hall–Kier alpha value is -0.930. The Bertz CT molecular complexity index is 399. The van der Waals surface area contributed by atoms with E-state index in [1.165, 1.54) is 19.3 Å². The third-order valence-corrected chi connectivity index (χ3v) is 3.96. The molecular weight excluding hydrogens is 215 g/mol. The summed E-state index contributed by atoms with van der Waals surface area (Å²) in [5, 5.41) is 3.41. The van der Waals surface area contributed by atoms with Crippen molar-refractivity contribution >= 4 is 0 Å². The summed E-state index contributed by atoms with van der Waals surface area (Å²) >= 11 is 0. The van der Waals surface area contributed by atoms with E-state index in [1.807, 2.05) is 12.1 Å². The maximum atomic E-state index is 14.0. The average molecular weight is 234 g/mol. The van der Waals surface area contributed by atoms with Gasteiger partial charge in [-0.15, -0.1) is 0 Å². The van der Waals surface area contributed by atoms with Crippen LogP contribution in [0, 0.1) is 5.82 Å². The molecule has 1 aromatic carbocycles. The Balaban J connectivity index is 1.92. The van der Waals surface area contributed by atoms with E-state index < -0.39 is 0 Å². The molecule has 0 saturated carbocycles. The van der Waals surface area contributed by atoms with Crippen LogP contribution in [0.1, 0.15) is 36.4 Å². The standard InChI is InChI=1S/C14H19FN2/c15-12-6-4-5-11-9-16-10-13(14(11)12)17-7-2-1-3-8-17/h4-6,13,16H,1-3,7-10H2/t13-/m0/s1. The largest absolute Gasteiger partial charge is 0.311 e. The number of rotatable bonds is 1. The quantitative estimate of drug-likeness (QED) is 0.803. The molecule has 1 fully saturated rings. The number of piperidine rings is 1. The third kappa shape index (κ3) is 2.09. The van der Waals surface area contributed by atoms with Crippen molar-refractivity contribution in [2.75, 3.05) is 19.6 Å². The number of fused-ring (bicyclic) bond motifs is 1. The van der Waals surface area contributed by atoms with Crippen molar-refractivity contribution < 1.29 is 4.39 Å². The van der Waals surface area contributed by atoms with Gasteiger partial charge in [-0.25, -0.2) is 4.39 Å². The lowest BCUT2D eigenvalue weighted by Gasteiger charge is -2.38. The topological polar surface area (TPSA) is 15.3 Å². The molecule has 1 saturated heterocycles. The highest BCUT2D eigenvalue weighted by molar-refractivity contribution is 5.33.